The van der Waals surface area contributed by atoms with E-state index in [4.69, 9.17) is 0 Å². The van der Waals surface area contributed by atoms with E-state index in [1.165, 1.54) is 0 Å². The number of benzene rings is 1. The summed E-state index contributed by atoms with van der Waals surface area (Å²) in [7, 11) is 0. The molecule has 4 rings (SSSR count). The molecule has 124 valence electrons. The van der Waals surface area contributed by atoms with E-state index in [9.17, 15) is 4.79 Å². The van der Waals surface area contributed by atoms with E-state index in [1.54, 1.807) is 6.20 Å². The van der Waals surface area contributed by atoms with Gasteiger partial charge in [0, 0.05) is 44.1 Å². The molecule has 2 aromatic rings. The normalized spacial score (nSPS) is 20.7. The first-order valence-electron chi connectivity index (χ1n) is 8.34. The van der Waals surface area contributed by atoms with Gasteiger partial charge < -0.3 is 10.2 Å². The fraction of sp³-hybridized carbons (Fsp3) is 0.333. The Bertz CT molecular complexity index is 714. The minimum Gasteiger partial charge on any atom is -0.323 e. The van der Waals surface area contributed by atoms with Gasteiger partial charge in [-0.2, -0.15) is 5.10 Å². The minimum absolute atomic E-state index is 0.0149. The SMILES string of the molecule is O=C(Nc1ccc(-c2ccn[nH]2)cc1)N1CCC(N2CC=CC2)C1. The van der Waals surface area contributed by atoms with Crippen molar-refractivity contribution in [2.45, 2.75) is 12.5 Å². The molecule has 6 nitrogen and oxygen atoms in total. The summed E-state index contributed by atoms with van der Waals surface area (Å²) in [5.74, 6) is 0. The Labute approximate surface area is 141 Å². The van der Waals surface area contributed by atoms with Gasteiger partial charge in [-0.05, 0) is 30.2 Å². The van der Waals surface area contributed by atoms with Crippen molar-refractivity contribution in [1.82, 2.24) is 20.0 Å². The molecule has 24 heavy (non-hydrogen) atoms. The molecule has 1 unspecified atom stereocenters. The summed E-state index contributed by atoms with van der Waals surface area (Å²) in [5, 5.41) is 9.88. The molecule has 2 aliphatic heterocycles. The molecule has 1 fully saturated rings. The first-order valence-corrected chi connectivity index (χ1v) is 8.34. The number of hydrogen-bond acceptors (Lipinski definition) is 3. The summed E-state index contributed by atoms with van der Waals surface area (Å²) in [6.07, 6.45) is 7.17. The van der Waals surface area contributed by atoms with E-state index in [0.29, 0.717) is 6.04 Å². The molecular weight excluding hydrogens is 302 g/mol. The fourth-order valence-electron chi connectivity index (χ4n) is 3.37. The lowest BCUT2D eigenvalue weighted by molar-refractivity contribution is 0.212. The molecule has 1 atom stereocenters. The monoisotopic (exact) mass is 323 g/mol. The van der Waals surface area contributed by atoms with Crippen LogP contribution in [0.15, 0.2) is 48.7 Å². The number of likely N-dealkylation sites (tertiary alicyclic amines) is 1. The number of urea groups is 1. The van der Waals surface area contributed by atoms with Gasteiger partial charge in [-0.25, -0.2) is 4.79 Å². The number of hydrogen-bond donors (Lipinski definition) is 2. The van der Waals surface area contributed by atoms with Crippen molar-refractivity contribution in [2.24, 2.45) is 0 Å². The Balaban J connectivity index is 1.34. The lowest BCUT2D eigenvalue weighted by Gasteiger charge is -2.23. The largest absolute Gasteiger partial charge is 0.323 e. The molecule has 0 aliphatic carbocycles. The van der Waals surface area contributed by atoms with Gasteiger partial charge in [-0.1, -0.05) is 24.3 Å². The van der Waals surface area contributed by atoms with Crippen LogP contribution in [-0.2, 0) is 0 Å². The average Bonchev–Trinajstić information content (AvgIpc) is 3.35. The number of anilines is 1. The van der Waals surface area contributed by atoms with Crippen LogP contribution in [0.25, 0.3) is 11.3 Å². The van der Waals surface area contributed by atoms with Crippen molar-refractivity contribution in [3.8, 4) is 11.3 Å². The lowest BCUT2D eigenvalue weighted by Crippen LogP contribution is -2.38. The quantitative estimate of drug-likeness (QED) is 0.853. The van der Waals surface area contributed by atoms with E-state index in [1.807, 2.05) is 35.2 Å². The van der Waals surface area contributed by atoms with Crippen LogP contribution in [0.5, 0.6) is 0 Å². The number of aromatic nitrogens is 2. The average molecular weight is 323 g/mol. The molecule has 0 saturated carbocycles. The standard InChI is InChI=1S/C18H21N5O/c24-18(23-12-8-16(13-23)22-10-1-2-11-22)20-15-5-3-14(4-6-15)17-7-9-19-21-17/h1-7,9,16H,8,10-13H2,(H,19,21)(H,20,24). The number of rotatable bonds is 3. The van der Waals surface area contributed by atoms with E-state index in [2.05, 4.69) is 32.6 Å². The lowest BCUT2D eigenvalue weighted by atomic mass is 10.1. The second kappa shape index (κ2) is 6.49. The molecule has 2 amide bonds. The molecule has 1 aromatic carbocycles. The van der Waals surface area contributed by atoms with Gasteiger partial charge in [0.25, 0.3) is 0 Å². The molecule has 0 radical (unpaired) electrons. The highest BCUT2D eigenvalue weighted by Crippen LogP contribution is 2.21. The minimum atomic E-state index is -0.0149. The molecule has 0 bridgehead atoms. The van der Waals surface area contributed by atoms with Crippen LogP contribution in [0.3, 0.4) is 0 Å². The highest BCUT2D eigenvalue weighted by Gasteiger charge is 2.30. The maximum atomic E-state index is 12.5. The third-order valence-electron chi connectivity index (χ3n) is 4.76. The predicted molar refractivity (Wildman–Crippen MR) is 93.7 cm³/mol. The Morgan fingerprint density at radius 3 is 2.67 bits per heavy atom. The van der Waals surface area contributed by atoms with Gasteiger partial charge in [0.05, 0.1) is 5.69 Å². The first-order chi connectivity index (χ1) is 11.8. The number of H-pyrrole nitrogens is 1. The molecule has 0 spiro atoms. The first kappa shape index (κ1) is 15.0. The summed E-state index contributed by atoms with van der Waals surface area (Å²) >= 11 is 0. The Kier molecular flexibility index (Phi) is 4.04. The summed E-state index contributed by atoms with van der Waals surface area (Å²) in [4.78, 5) is 16.8. The highest BCUT2D eigenvalue weighted by atomic mass is 16.2. The Morgan fingerprint density at radius 1 is 1.17 bits per heavy atom. The molecule has 1 saturated heterocycles. The van der Waals surface area contributed by atoms with Crippen molar-refractivity contribution in [3.63, 3.8) is 0 Å². The maximum absolute atomic E-state index is 12.5. The molecule has 2 N–H and O–H groups in total. The van der Waals surface area contributed by atoms with Crippen LogP contribution in [-0.4, -0.2) is 58.2 Å². The number of nitrogens with zero attached hydrogens (tertiary/aromatic N) is 3. The number of carbonyl (C=O) groups excluding carboxylic acids is 1. The summed E-state index contributed by atoms with van der Waals surface area (Å²) in [6, 6.07) is 10.2. The number of nitrogens with one attached hydrogen (secondary N) is 2. The third kappa shape index (κ3) is 3.05. The highest BCUT2D eigenvalue weighted by molar-refractivity contribution is 5.89. The van der Waals surface area contributed by atoms with Crippen LogP contribution >= 0.6 is 0 Å². The third-order valence-corrected chi connectivity index (χ3v) is 4.76. The van der Waals surface area contributed by atoms with Gasteiger partial charge >= 0.3 is 6.03 Å². The zero-order valence-electron chi connectivity index (χ0n) is 13.5. The summed E-state index contributed by atoms with van der Waals surface area (Å²) in [5.41, 5.74) is 2.83. The van der Waals surface area contributed by atoms with Crippen LogP contribution in [0.4, 0.5) is 10.5 Å². The Morgan fingerprint density at radius 2 is 1.96 bits per heavy atom. The van der Waals surface area contributed by atoms with Crippen molar-refractivity contribution in [2.75, 3.05) is 31.5 Å². The topological polar surface area (TPSA) is 64.3 Å². The van der Waals surface area contributed by atoms with Crippen molar-refractivity contribution in [3.05, 3.63) is 48.7 Å². The van der Waals surface area contributed by atoms with Crippen LogP contribution in [0, 0.1) is 0 Å². The zero-order valence-corrected chi connectivity index (χ0v) is 13.5. The Hall–Kier alpha value is -2.60. The number of amides is 2. The van der Waals surface area contributed by atoms with Crippen molar-refractivity contribution >= 4 is 11.7 Å². The fourth-order valence-corrected chi connectivity index (χ4v) is 3.37. The van der Waals surface area contributed by atoms with Gasteiger partial charge in [0.2, 0.25) is 0 Å². The summed E-state index contributed by atoms with van der Waals surface area (Å²) < 4.78 is 0. The smallest absolute Gasteiger partial charge is 0.321 e. The molecule has 2 aliphatic rings. The molecule has 1 aromatic heterocycles. The second-order valence-electron chi connectivity index (χ2n) is 6.29. The number of carbonyl (C=O) groups is 1. The van der Waals surface area contributed by atoms with Crippen LogP contribution < -0.4 is 5.32 Å². The molecule has 3 heterocycles. The number of aromatic amines is 1. The molecular formula is C18H21N5O. The summed E-state index contributed by atoms with van der Waals surface area (Å²) in [6.45, 7) is 3.64. The van der Waals surface area contributed by atoms with Crippen LogP contribution in [0.1, 0.15) is 6.42 Å². The van der Waals surface area contributed by atoms with E-state index >= 15 is 0 Å². The van der Waals surface area contributed by atoms with E-state index in [0.717, 1.165) is 49.5 Å². The predicted octanol–water partition coefficient (Wildman–Crippen LogP) is 2.55. The van der Waals surface area contributed by atoms with Crippen molar-refractivity contribution in [1.29, 1.82) is 0 Å². The van der Waals surface area contributed by atoms with E-state index in [-0.39, 0.29) is 6.03 Å². The van der Waals surface area contributed by atoms with E-state index < -0.39 is 0 Å². The van der Waals surface area contributed by atoms with Gasteiger partial charge in [-0.3, -0.25) is 10.00 Å². The van der Waals surface area contributed by atoms with Gasteiger partial charge in [-0.15, -0.1) is 0 Å². The molecule has 6 heteroatoms. The van der Waals surface area contributed by atoms with Crippen molar-refractivity contribution < 1.29 is 4.79 Å². The van der Waals surface area contributed by atoms with Gasteiger partial charge in [0.1, 0.15) is 0 Å². The zero-order chi connectivity index (χ0) is 16.4. The van der Waals surface area contributed by atoms with Gasteiger partial charge in [0.15, 0.2) is 0 Å². The maximum Gasteiger partial charge on any atom is 0.321 e. The second-order valence-corrected chi connectivity index (χ2v) is 6.29. The van der Waals surface area contributed by atoms with Crippen LogP contribution in [0.2, 0.25) is 0 Å².